The Morgan fingerprint density at radius 1 is 1.39 bits per heavy atom. The van der Waals surface area contributed by atoms with Gasteiger partial charge in [0.05, 0.1) is 5.69 Å². The molecule has 98 valence electrons. The summed E-state index contributed by atoms with van der Waals surface area (Å²) >= 11 is 0. The van der Waals surface area contributed by atoms with Crippen molar-refractivity contribution in [3.05, 3.63) is 28.7 Å². The molecule has 5 heteroatoms. The second kappa shape index (κ2) is 4.94. The summed E-state index contributed by atoms with van der Waals surface area (Å²) in [7, 11) is 1.67. The lowest BCUT2D eigenvalue weighted by atomic mass is 9.80. The van der Waals surface area contributed by atoms with Crippen molar-refractivity contribution in [2.45, 2.75) is 19.8 Å². The molecule has 1 saturated heterocycles. The molecule has 0 spiro atoms. The first kappa shape index (κ1) is 12.8. The fraction of sp³-hybridized carbons (Fsp3) is 0.538. The molecule has 1 amide bonds. The van der Waals surface area contributed by atoms with Gasteiger partial charge in [0.15, 0.2) is 0 Å². The molecular weight excluding hydrogens is 230 g/mol. The molecule has 0 atom stereocenters. The summed E-state index contributed by atoms with van der Waals surface area (Å²) < 4.78 is 1.46. The number of pyridine rings is 1. The predicted octanol–water partition coefficient (Wildman–Crippen LogP) is 0.713. The molecule has 5 nitrogen and oxygen atoms in total. The summed E-state index contributed by atoms with van der Waals surface area (Å²) in [6, 6.07) is 3.10. The summed E-state index contributed by atoms with van der Waals surface area (Å²) in [4.78, 5) is 23.5. The van der Waals surface area contributed by atoms with Crippen LogP contribution in [0.15, 0.2) is 23.1 Å². The molecule has 1 aromatic heterocycles. The molecule has 1 aromatic rings. The van der Waals surface area contributed by atoms with Crippen LogP contribution in [-0.4, -0.2) is 23.6 Å². The van der Waals surface area contributed by atoms with E-state index in [0.717, 1.165) is 25.9 Å². The zero-order valence-corrected chi connectivity index (χ0v) is 10.8. The van der Waals surface area contributed by atoms with Gasteiger partial charge in [-0.15, -0.1) is 0 Å². The number of rotatable bonds is 2. The van der Waals surface area contributed by atoms with Gasteiger partial charge in [-0.05, 0) is 32.0 Å². The fourth-order valence-corrected chi connectivity index (χ4v) is 2.16. The number of piperidine rings is 1. The molecule has 0 unspecified atom stereocenters. The number of hydrogen-bond donors (Lipinski definition) is 2. The highest BCUT2D eigenvalue weighted by molar-refractivity contribution is 5.95. The normalized spacial score (nSPS) is 18.3. The highest BCUT2D eigenvalue weighted by Gasteiger charge is 2.34. The van der Waals surface area contributed by atoms with Crippen molar-refractivity contribution < 1.29 is 4.79 Å². The lowest BCUT2D eigenvalue weighted by molar-refractivity contribution is -0.126. The quantitative estimate of drug-likeness (QED) is 0.811. The van der Waals surface area contributed by atoms with Gasteiger partial charge in [-0.1, -0.05) is 6.92 Å². The lowest BCUT2D eigenvalue weighted by Crippen LogP contribution is -2.42. The van der Waals surface area contributed by atoms with Crippen LogP contribution in [0.25, 0.3) is 0 Å². The van der Waals surface area contributed by atoms with Crippen LogP contribution in [0, 0.1) is 5.41 Å². The Bertz CT molecular complexity index is 501. The third-order valence-corrected chi connectivity index (χ3v) is 3.60. The van der Waals surface area contributed by atoms with Crippen molar-refractivity contribution in [3.63, 3.8) is 0 Å². The first-order valence-electron chi connectivity index (χ1n) is 6.20. The van der Waals surface area contributed by atoms with E-state index in [2.05, 4.69) is 10.6 Å². The highest BCUT2D eigenvalue weighted by atomic mass is 16.2. The van der Waals surface area contributed by atoms with Crippen LogP contribution in [0.2, 0.25) is 0 Å². The summed E-state index contributed by atoms with van der Waals surface area (Å²) in [5.74, 6) is 0.0302. The van der Waals surface area contributed by atoms with Crippen molar-refractivity contribution in [1.29, 1.82) is 0 Å². The maximum absolute atomic E-state index is 12.3. The molecule has 0 aliphatic carbocycles. The first-order valence-corrected chi connectivity index (χ1v) is 6.20. The molecule has 18 heavy (non-hydrogen) atoms. The number of carbonyl (C=O) groups is 1. The molecule has 1 aliphatic rings. The molecule has 0 bridgehead atoms. The van der Waals surface area contributed by atoms with Crippen LogP contribution in [0.4, 0.5) is 5.69 Å². The zero-order chi connectivity index (χ0) is 13.2. The fourth-order valence-electron chi connectivity index (χ4n) is 2.16. The lowest BCUT2D eigenvalue weighted by Gasteiger charge is -2.32. The van der Waals surface area contributed by atoms with Crippen molar-refractivity contribution in [2.24, 2.45) is 12.5 Å². The molecule has 2 N–H and O–H groups in total. The number of aromatic nitrogens is 1. The Morgan fingerprint density at radius 2 is 2.06 bits per heavy atom. The van der Waals surface area contributed by atoms with Gasteiger partial charge in [0.25, 0.3) is 0 Å². The molecule has 0 aromatic carbocycles. The van der Waals surface area contributed by atoms with Gasteiger partial charge in [0.1, 0.15) is 0 Å². The van der Waals surface area contributed by atoms with Crippen molar-refractivity contribution in [2.75, 3.05) is 18.4 Å². The standard InChI is InChI=1S/C13H19N3O2/c1-13(5-7-14-8-6-13)12(18)15-10-3-4-11(17)16(2)9-10/h3-4,9,14H,5-8H2,1-2H3,(H,15,18). The summed E-state index contributed by atoms with van der Waals surface area (Å²) in [6.45, 7) is 3.74. The third kappa shape index (κ3) is 2.61. The average molecular weight is 249 g/mol. The third-order valence-electron chi connectivity index (χ3n) is 3.60. The Balaban J connectivity index is 2.10. The minimum Gasteiger partial charge on any atom is -0.324 e. The van der Waals surface area contributed by atoms with Crippen molar-refractivity contribution in [3.8, 4) is 0 Å². The number of anilines is 1. The van der Waals surface area contributed by atoms with E-state index < -0.39 is 0 Å². The van der Waals surface area contributed by atoms with Gasteiger partial charge < -0.3 is 15.2 Å². The largest absolute Gasteiger partial charge is 0.324 e. The summed E-state index contributed by atoms with van der Waals surface area (Å²) in [6.07, 6.45) is 3.32. The van der Waals surface area contributed by atoms with E-state index in [1.807, 2.05) is 6.92 Å². The Kier molecular flexibility index (Phi) is 3.52. The van der Waals surface area contributed by atoms with E-state index in [1.165, 1.54) is 10.6 Å². The number of nitrogens with one attached hydrogen (secondary N) is 2. The van der Waals surface area contributed by atoms with Crippen LogP contribution in [0.1, 0.15) is 19.8 Å². The zero-order valence-electron chi connectivity index (χ0n) is 10.8. The summed E-state index contributed by atoms with van der Waals surface area (Å²) in [5.41, 5.74) is 0.267. The summed E-state index contributed by atoms with van der Waals surface area (Å²) in [5, 5.41) is 6.14. The monoisotopic (exact) mass is 249 g/mol. The maximum atomic E-state index is 12.3. The second-order valence-electron chi connectivity index (χ2n) is 5.13. The van der Waals surface area contributed by atoms with Gasteiger partial charge in [-0.2, -0.15) is 0 Å². The molecule has 0 radical (unpaired) electrons. The topological polar surface area (TPSA) is 63.1 Å². The van der Waals surface area contributed by atoms with Gasteiger partial charge >= 0.3 is 0 Å². The van der Waals surface area contributed by atoms with Crippen molar-refractivity contribution >= 4 is 11.6 Å². The average Bonchev–Trinajstić information content (AvgIpc) is 2.35. The molecule has 1 aliphatic heterocycles. The first-order chi connectivity index (χ1) is 8.51. The van der Waals surface area contributed by atoms with E-state index in [4.69, 9.17) is 0 Å². The Labute approximate surface area is 106 Å². The number of nitrogens with zero attached hydrogens (tertiary/aromatic N) is 1. The van der Waals surface area contributed by atoms with Crippen LogP contribution in [0.5, 0.6) is 0 Å². The van der Waals surface area contributed by atoms with Crippen LogP contribution in [-0.2, 0) is 11.8 Å². The smallest absolute Gasteiger partial charge is 0.250 e. The SMILES string of the molecule is Cn1cc(NC(=O)C2(C)CCNCC2)ccc1=O. The highest BCUT2D eigenvalue weighted by Crippen LogP contribution is 2.29. The van der Waals surface area contributed by atoms with Gasteiger partial charge in [0, 0.05) is 24.7 Å². The molecule has 0 saturated carbocycles. The minimum atomic E-state index is -0.319. The van der Waals surface area contributed by atoms with Crippen molar-refractivity contribution in [1.82, 2.24) is 9.88 Å². The van der Waals surface area contributed by atoms with Crippen LogP contribution < -0.4 is 16.2 Å². The van der Waals surface area contributed by atoms with E-state index in [9.17, 15) is 9.59 Å². The minimum absolute atomic E-state index is 0.0302. The molecule has 2 heterocycles. The predicted molar refractivity (Wildman–Crippen MR) is 70.5 cm³/mol. The Morgan fingerprint density at radius 3 is 2.67 bits per heavy atom. The van der Waals surface area contributed by atoms with Gasteiger partial charge in [-0.3, -0.25) is 9.59 Å². The van der Waals surface area contributed by atoms with E-state index in [0.29, 0.717) is 5.69 Å². The van der Waals surface area contributed by atoms with E-state index in [1.54, 1.807) is 19.3 Å². The Hall–Kier alpha value is -1.62. The van der Waals surface area contributed by atoms with Gasteiger partial charge in [0.2, 0.25) is 11.5 Å². The number of aryl methyl sites for hydroxylation is 1. The molecular formula is C13H19N3O2. The maximum Gasteiger partial charge on any atom is 0.250 e. The second-order valence-corrected chi connectivity index (χ2v) is 5.13. The van der Waals surface area contributed by atoms with E-state index >= 15 is 0 Å². The van der Waals surface area contributed by atoms with Crippen LogP contribution >= 0.6 is 0 Å². The van der Waals surface area contributed by atoms with E-state index in [-0.39, 0.29) is 16.9 Å². The number of carbonyl (C=O) groups excluding carboxylic acids is 1. The number of amides is 1. The van der Waals surface area contributed by atoms with Gasteiger partial charge in [-0.25, -0.2) is 0 Å². The molecule has 2 rings (SSSR count). The molecule has 1 fully saturated rings. The number of hydrogen-bond acceptors (Lipinski definition) is 3. The van der Waals surface area contributed by atoms with Crippen LogP contribution in [0.3, 0.4) is 0 Å².